The van der Waals surface area contributed by atoms with Crippen LogP contribution in [0.1, 0.15) is 40.9 Å². The maximum absolute atomic E-state index is 12.3. The quantitative estimate of drug-likeness (QED) is 0.926. The maximum Gasteiger partial charge on any atom is 0.265 e. The molecule has 1 saturated heterocycles. The lowest BCUT2D eigenvalue weighted by molar-refractivity contribution is -0.117. The van der Waals surface area contributed by atoms with E-state index in [9.17, 15) is 9.59 Å². The molecule has 0 aliphatic carbocycles. The predicted octanol–water partition coefficient (Wildman–Crippen LogP) is 2.57. The van der Waals surface area contributed by atoms with Gasteiger partial charge in [0.2, 0.25) is 5.91 Å². The lowest BCUT2D eigenvalue weighted by Crippen LogP contribution is -2.34. The largest absolute Gasteiger partial charge is 0.344 e. The monoisotopic (exact) mass is 323 g/mol. The summed E-state index contributed by atoms with van der Waals surface area (Å²) in [6.07, 6.45) is 4.83. The average Bonchev–Trinajstić information content (AvgIpc) is 2.67. The minimum absolute atomic E-state index is 0.0313. The van der Waals surface area contributed by atoms with Crippen LogP contribution in [0.25, 0.3) is 0 Å². The fourth-order valence-electron chi connectivity index (χ4n) is 2.64. The average molecular weight is 323 g/mol. The molecule has 0 radical (unpaired) electrons. The van der Waals surface area contributed by atoms with Crippen molar-refractivity contribution < 1.29 is 9.59 Å². The van der Waals surface area contributed by atoms with Crippen molar-refractivity contribution in [1.82, 2.24) is 9.80 Å². The SMILES string of the molecule is Cc1csc(C(=O)N(C)C)c1NC(=O)CN1CCCCCC1. The van der Waals surface area contributed by atoms with Crippen LogP contribution in [0.2, 0.25) is 0 Å². The lowest BCUT2D eigenvalue weighted by Gasteiger charge is -2.19. The van der Waals surface area contributed by atoms with Gasteiger partial charge in [0, 0.05) is 14.1 Å². The van der Waals surface area contributed by atoms with E-state index in [1.807, 2.05) is 12.3 Å². The summed E-state index contributed by atoms with van der Waals surface area (Å²) < 4.78 is 0. The van der Waals surface area contributed by atoms with E-state index in [1.54, 1.807) is 14.1 Å². The van der Waals surface area contributed by atoms with E-state index >= 15 is 0 Å². The van der Waals surface area contributed by atoms with Crippen LogP contribution in [0, 0.1) is 6.92 Å². The Morgan fingerprint density at radius 3 is 2.45 bits per heavy atom. The molecule has 1 aromatic heterocycles. The molecule has 1 aliphatic heterocycles. The predicted molar refractivity (Wildman–Crippen MR) is 90.6 cm³/mol. The van der Waals surface area contributed by atoms with Gasteiger partial charge in [0.1, 0.15) is 4.88 Å². The molecule has 5 nitrogen and oxygen atoms in total. The first-order valence-corrected chi connectivity index (χ1v) is 8.69. The summed E-state index contributed by atoms with van der Waals surface area (Å²) in [6, 6.07) is 0. The van der Waals surface area contributed by atoms with Crippen LogP contribution in [0.3, 0.4) is 0 Å². The molecule has 1 aromatic rings. The van der Waals surface area contributed by atoms with Gasteiger partial charge in [-0.25, -0.2) is 0 Å². The molecule has 122 valence electrons. The van der Waals surface area contributed by atoms with Gasteiger partial charge in [-0.15, -0.1) is 11.3 Å². The first kappa shape index (κ1) is 17.0. The molecule has 1 N–H and O–H groups in total. The molecule has 1 aliphatic rings. The molecule has 0 bridgehead atoms. The summed E-state index contributed by atoms with van der Waals surface area (Å²) >= 11 is 1.38. The first-order valence-electron chi connectivity index (χ1n) is 7.81. The lowest BCUT2D eigenvalue weighted by atomic mass is 10.2. The number of anilines is 1. The molecule has 0 saturated carbocycles. The number of hydrogen-bond acceptors (Lipinski definition) is 4. The Labute approximate surface area is 136 Å². The van der Waals surface area contributed by atoms with Crippen molar-refractivity contribution in [2.45, 2.75) is 32.6 Å². The molecule has 0 unspecified atom stereocenters. The highest BCUT2D eigenvalue weighted by molar-refractivity contribution is 7.13. The van der Waals surface area contributed by atoms with E-state index in [-0.39, 0.29) is 11.8 Å². The van der Waals surface area contributed by atoms with Crippen molar-refractivity contribution in [3.8, 4) is 0 Å². The first-order chi connectivity index (χ1) is 10.5. The summed E-state index contributed by atoms with van der Waals surface area (Å²) in [5, 5.41) is 4.86. The fraction of sp³-hybridized carbons (Fsp3) is 0.625. The van der Waals surface area contributed by atoms with Crippen LogP contribution in [0.15, 0.2) is 5.38 Å². The number of aryl methyl sites for hydroxylation is 1. The van der Waals surface area contributed by atoms with Gasteiger partial charge in [0.25, 0.3) is 5.91 Å². The zero-order valence-corrected chi connectivity index (χ0v) is 14.5. The number of amides is 2. The van der Waals surface area contributed by atoms with Crippen molar-refractivity contribution in [3.63, 3.8) is 0 Å². The van der Waals surface area contributed by atoms with Crippen LogP contribution < -0.4 is 5.32 Å². The highest BCUT2D eigenvalue weighted by atomic mass is 32.1. The van der Waals surface area contributed by atoms with Crippen LogP contribution in [0.4, 0.5) is 5.69 Å². The highest BCUT2D eigenvalue weighted by Crippen LogP contribution is 2.28. The third-order valence-corrected chi connectivity index (χ3v) is 4.99. The van der Waals surface area contributed by atoms with E-state index < -0.39 is 0 Å². The normalized spacial score (nSPS) is 16.1. The molecule has 2 rings (SSSR count). The zero-order valence-electron chi connectivity index (χ0n) is 13.6. The van der Waals surface area contributed by atoms with Crippen molar-refractivity contribution in [2.75, 3.05) is 39.0 Å². The number of nitrogens with one attached hydrogen (secondary N) is 1. The molecule has 22 heavy (non-hydrogen) atoms. The Hall–Kier alpha value is -1.40. The van der Waals surface area contributed by atoms with Gasteiger partial charge >= 0.3 is 0 Å². The molecule has 6 heteroatoms. The van der Waals surface area contributed by atoms with Gasteiger partial charge in [-0.1, -0.05) is 12.8 Å². The molecule has 2 amide bonds. The fourth-order valence-corrected chi connectivity index (χ4v) is 3.66. The summed E-state index contributed by atoms with van der Waals surface area (Å²) in [5.74, 6) is -0.0978. The summed E-state index contributed by atoms with van der Waals surface area (Å²) in [4.78, 5) is 28.8. The van der Waals surface area contributed by atoms with Crippen LogP contribution in [0.5, 0.6) is 0 Å². The summed E-state index contributed by atoms with van der Waals surface area (Å²) in [6.45, 7) is 4.30. The van der Waals surface area contributed by atoms with Gasteiger partial charge < -0.3 is 10.2 Å². The zero-order chi connectivity index (χ0) is 16.1. The highest BCUT2D eigenvalue weighted by Gasteiger charge is 2.20. The third-order valence-electron chi connectivity index (χ3n) is 3.91. The van der Waals surface area contributed by atoms with Crippen molar-refractivity contribution in [1.29, 1.82) is 0 Å². The number of likely N-dealkylation sites (tertiary alicyclic amines) is 1. The molecule has 0 aromatic carbocycles. The standard InChI is InChI=1S/C16H25N3O2S/c1-12-11-22-15(16(21)18(2)3)14(12)17-13(20)10-19-8-6-4-5-7-9-19/h11H,4-10H2,1-3H3,(H,17,20). The summed E-state index contributed by atoms with van der Waals surface area (Å²) in [5.41, 5.74) is 1.61. The number of carbonyl (C=O) groups is 2. The second kappa shape index (κ2) is 7.74. The van der Waals surface area contributed by atoms with Gasteiger partial charge in [-0.3, -0.25) is 14.5 Å². The molecular formula is C16H25N3O2S. The van der Waals surface area contributed by atoms with E-state index in [0.29, 0.717) is 17.1 Å². The van der Waals surface area contributed by atoms with Crippen molar-refractivity contribution in [2.24, 2.45) is 0 Å². The molecule has 0 spiro atoms. The number of carbonyl (C=O) groups excluding carboxylic acids is 2. The Balaban J connectivity index is 2.02. The van der Waals surface area contributed by atoms with E-state index in [1.165, 1.54) is 29.1 Å². The topological polar surface area (TPSA) is 52.7 Å². The maximum atomic E-state index is 12.3. The molecule has 1 fully saturated rings. The van der Waals surface area contributed by atoms with Gasteiger partial charge in [-0.05, 0) is 43.8 Å². The summed E-state index contributed by atoms with van der Waals surface area (Å²) in [7, 11) is 3.44. The van der Waals surface area contributed by atoms with Gasteiger partial charge in [0.15, 0.2) is 0 Å². The Kier molecular flexibility index (Phi) is 5.97. The minimum Gasteiger partial charge on any atom is -0.344 e. The second-order valence-electron chi connectivity index (χ2n) is 6.06. The third kappa shape index (κ3) is 4.30. The molecule has 0 atom stereocenters. The van der Waals surface area contributed by atoms with E-state index in [4.69, 9.17) is 0 Å². The number of hydrogen-bond donors (Lipinski definition) is 1. The van der Waals surface area contributed by atoms with Crippen LogP contribution in [-0.2, 0) is 4.79 Å². The number of rotatable bonds is 4. The Morgan fingerprint density at radius 2 is 1.86 bits per heavy atom. The molecule has 2 heterocycles. The van der Waals surface area contributed by atoms with Gasteiger partial charge in [-0.2, -0.15) is 0 Å². The van der Waals surface area contributed by atoms with Crippen molar-refractivity contribution >= 4 is 28.8 Å². The minimum atomic E-state index is -0.0665. The smallest absolute Gasteiger partial charge is 0.265 e. The Morgan fingerprint density at radius 1 is 1.23 bits per heavy atom. The van der Waals surface area contributed by atoms with Gasteiger partial charge in [0.05, 0.1) is 12.2 Å². The Bertz CT molecular complexity index is 531. The van der Waals surface area contributed by atoms with E-state index in [0.717, 1.165) is 31.5 Å². The van der Waals surface area contributed by atoms with Crippen molar-refractivity contribution in [3.05, 3.63) is 15.8 Å². The second-order valence-corrected chi connectivity index (χ2v) is 6.94. The van der Waals surface area contributed by atoms with E-state index in [2.05, 4.69) is 10.2 Å². The molecular weight excluding hydrogens is 298 g/mol. The number of thiophene rings is 1. The van der Waals surface area contributed by atoms with Crippen LogP contribution in [-0.4, -0.2) is 55.3 Å². The number of nitrogens with zero attached hydrogens (tertiary/aromatic N) is 2. The van der Waals surface area contributed by atoms with Crippen LogP contribution >= 0.6 is 11.3 Å².